The number of para-hydroxylation sites is 3. The maximum Gasteiger partial charge on any atom is 0.0634 e. The number of aryl methyl sites for hydroxylation is 1. The van der Waals surface area contributed by atoms with Crippen molar-refractivity contribution in [2.75, 3.05) is 9.80 Å². The van der Waals surface area contributed by atoms with Crippen LogP contribution >= 0.6 is 22.7 Å². The second kappa shape index (κ2) is 17.8. The van der Waals surface area contributed by atoms with Crippen LogP contribution in [0.25, 0.3) is 119 Å². The first-order valence-corrected chi connectivity index (χ1v) is 30.9. The largest absolute Gasteiger partial charge is 0.311 e. The predicted molar refractivity (Wildman–Crippen MR) is 359 cm³/mol. The van der Waals surface area contributed by atoms with Crippen molar-refractivity contribution in [2.45, 2.75) is 25.2 Å². The van der Waals surface area contributed by atoms with Crippen molar-refractivity contribution >= 4 is 148 Å². The normalized spacial score (nSPS) is 14.3. The summed E-state index contributed by atoms with van der Waals surface area (Å²) < 4.78 is 9.34. The summed E-state index contributed by atoms with van der Waals surface area (Å²) >= 11 is 3.78. The molecule has 0 N–H and O–H groups in total. The van der Waals surface area contributed by atoms with Crippen molar-refractivity contribution < 1.29 is 0 Å². The lowest BCUT2D eigenvalue weighted by atomic mass is 9.84. The van der Waals surface area contributed by atoms with Gasteiger partial charge >= 0.3 is 0 Å². The number of allylic oxidation sites excluding steroid dienone is 2. The predicted octanol–water partition coefficient (Wildman–Crippen LogP) is 22.5. The molecule has 3 aliphatic rings. The van der Waals surface area contributed by atoms with Gasteiger partial charge in [-0.1, -0.05) is 164 Å². The molecule has 0 bridgehead atoms. The van der Waals surface area contributed by atoms with Gasteiger partial charge in [-0.3, -0.25) is 0 Å². The molecule has 1 unspecified atom stereocenters. The van der Waals surface area contributed by atoms with Crippen LogP contribution in [0.1, 0.15) is 46.0 Å². The van der Waals surface area contributed by atoms with E-state index >= 15 is 0 Å². The van der Waals surface area contributed by atoms with E-state index in [4.69, 9.17) is 0 Å². The number of benzene rings is 11. The summed E-state index contributed by atoms with van der Waals surface area (Å²) in [6, 6.07) is 89.0. The van der Waals surface area contributed by atoms with Crippen LogP contribution < -0.4 is 9.80 Å². The molecule has 0 radical (unpaired) electrons. The Morgan fingerprint density at radius 3 is 1.75 bits per heavy atom. The van der Waals surface area contributed by atoms with Crippen molar-refractivity contribution in [3.63, 3.8) is 0 Å². The van der Waals surface area contributed by atoms with E-state index in [0.717, 1.165) is 53.4 Å². The molecule has 0 amide bonds. The lowest BCUT2D eigenvalue weighted by molar-refractivity contribution is 0.820. The van der Waals surface area contributed by atoms with Gasteiger partial charge in [-0.2, -0.15) is 0 Å². The van der Waals surface area contributed by atoms with Crippen LogP contribution in [0.2, 0.25) is 0 Å². The maximum absolute atomic E-state index is 2.71. The zero-order valence-corrected chi connectivity index (χ0v) is 47.3. The topological polar surface area (TPSA) is 15.8 Å². The van der Waals surface area contributed by atoms with E-state index in [1.807, 2.05) is 22.7 Å². The summed E-state index contributed by atoms with van der Waals surface area (Å²) in [4.78, 5) is 6.33. The van der Waals surface area contributed by atoms with Crippen LogP contribution in [0.3, 0.4) is 0 Å². The second-order valence-corrected chi connectivity index (χ2v) is 25.1. The SMILES string of the molecule is C1=Cc2sc3ccc(N(c4ccccc4)c4ccc5c6cccc7c8c(-c9ccccc9)c9c(c%10c%11n9-c9cc(N(c%12ccccc%12)c%12ccc%13sc%14ccccc%14c%13c%12)ccc9C%11CC=C%10)c(-c9ccccc9)c8n(c5c4)c67)cc3c2CC1. The van der Waals surface area contributed by atoms with Crippen molar-refractivity contribution in [1.29, 1.82) is 0 Å². The van der Waals surface area contributed by atoms with Crippen LogP contribution in [-0.4, -0.2) is 8.97 Å². The average Bonchev–Trinajstić information content (AvgIpc) is 1.60. The molecule has 6 heterocycles. The summed E-state index contributed by atoms with van der Waals surface area (Å²) in [5.41, 5.74) is 23.5. The van der Waals surface area contributed by atoms with Gasteiger partial charge in [-0.15, -0.1) is 22.7 Å². The third-order valence-electron chi connectivity index (χ3n) is 18.5. The molecule has 0 fully saturated rings. The number of hydrogen-bond donors (Lipinski definition) is 0. The summed E-state index contributed by atoms with van der Waals surface area (Å²) in [6.45, 7) is 0. The number of aromatic nitrogens is 2. The lowest BCUT2D eigenvalue weighted by Gasteiger charge is -2.27. The number of rotatable bonds is 8. The van der Waals surface area contributed by atoms with Gasteiger partial charge in [0.15, 0.2) is 0 Å². The van der Waals surface area contributed by atoms with Crippen LogP contribution in [0.15, 0.2) is 249 Å². The first-order valence-electron chi connectivity index (χ1n) is 29.3. The molecule has 0 saturated heterocycles. The third-order valence-corrected chi connectivity index (χ3v) is 20.9. The molecule has 0 spiro atoms. The lowest BCUT2D eigenvalue weighted by Crippen LogP contribution is -2.10. The van der Waals surface area contributed by atoms with Crippen LogP contribution in [0.5, 0.6) is 0 Å². The fourth-order valence-corrected chi connectivity index (χ4v) is 17.4. The fraction of sp³-hybridized carbons (Fsp3) is 0.0513. The Morgan fingerprint density at radius 1 is 0.405 bits per heavy atom. The Kier molecular flexibility index (Phi) is 9.86. The molecular formula is C78H50N4S2. The summed E-state index contributed by atoms with van der Waals surface area (Å²) in [7, 11) is 0. The Hall–Kier alpha value is -9.98. The first-order chi connectivity index (χ1) is 41.7. The molecule has 4 nitrogen and oxygen atoms in total. The van der Waals surface area contributed by atoms with Crippen molar-refractivity contribution in [1.82, 2.24) is 8.97 Å². The smallest absolute Gasteiger partial charge is 0.0634 e. The maximum atomic E-state index is 2.71. The van der Waals surface area contributed by atoms with E-state index in [-0.39, 0.29) is 5.92 Å². The minimum atomic E-state index is 0.190. The minimum absolute atomic E-state index is 0.190. The van der Waals surface area contributed by atoms with Gasteiger partial charge < -0.3 is 18.8 Å². The highest BCUT2D eigenvalue weighted by Gasteiger charge is 2.39. The monoisotopic (exact) mass is 1110 g/mol. The molecule has 11 aromatic carbocycles. The highest BCUT2D eigenvalue weighted by atomic mass is 32.1. The zero-order chi connectivity index (χ0) is 54.7. The van der Waals surface area contributed by atoms with E-state index in [0.29, 0.717) is 0 Å². The Morgan fingerprint density at radius 2 is 1.00 bits per heavy atom. The van der Waals surface area contributed by atoms with E-state index in [2.05, 4.69) is 280 Å². The quantitative estimate of drug-likeness (QED) is 0.151. The van der Waals surface area contributed by atoms with Gasteiger partial charge in [0.2, 0.25) is 0 Å². The van der Waals surface area contributed by atoms with E-state index < -0.39 is 0 Å². The Bertz CT molecular complexity index is 5470. The minimum Gasteiger partial charge on any atom is -0.311 e. The van der Waals surface area contributed by atoms with E-state index in [9.17, 15) is 0 Å². The molecule has 2 aliphatic carbocycles. The molecule has 16 aromatic rings. The number of anilines is 6. The van der Waals surface area contributed by atoms with Crippen LogP contribution in [0, 0.1) is 0 Å². The molecule has 0 saturated carbocycles. The highest BCUT2D eigenvalue weighted by Crippen LogP contribution is 2.58. The molecule has 5 aromatic heterocycles. The Labute approximate surface area is 492 Å². The van der Waals surface area contributed by atoms with Gasteiger partial charge in [-0.25, -0.2) is 0 Å². The van der Waals surface area contributed by atoms with Crippen molar-refractivity contribution in [3.05, 3.63) is 276 Å². The summed E-state index contributed by atoms with van der Waals surface area (Å²) in [5.74, 6) is 0.190. The van der Waals surface area contributed by atoms with E-state index in [1.54, 1.807) is 0 Å². The molecule has 84 heavy (non-hydrogen) atoms. The van der Waals surface area contributed by atoms with Crippen LogP contribution in [-0.2, 0) is 6.42 Å². The van der Waals surface area contributed by atoms with Crippen molar-refractivity contribution in [3.8, 4) is 27.9 Å². The molecular weight excluding hydrogens is 1060 g/mol. The third kappa shape index (κ3) is 6.52. The number of nitrogens with zero attached hydrogens (tertiary/aromatic N) is 4. The fourth-order valence-electron chi connectivity index (χ4n) is 15.1. The number of thiophene rings is 2. The zero-order valence-electron chi connectivity index (χ0n) is 45.6. The van der Waals surface area contributed by atoms with Crippen LogP contribution in [0.4, 0.5) is 34.1 Å². The molecule has 1 atom stereocenters. The van der Waals surface area contributed by atoms with Gasteiger partial charge in [0, 0.05) is 119 Å². The van der Waals surface area contributed by atoms with Gasteiger partial charge in [0.05, 0.1) is 27.8 Å². The van der Waals surface area contributed by atoms with Gasteiger partial charge in [0.25, 0.3) is 0 Å². The standard InChI is InChI=1S/C78H50N4S2/c1-5-19-47(20-6-1)71-73-61-31-17-29-59-56-40-36-54(80(50-25-11-4-12-26-50)52-38-42-70-64(44-52)58-28-14-16-34-68(58)84-70)46-66(56)82(75(59)61)78(73)72(48-21-7-2-8-22-48)74-62-32-18-30-60-55-39-35-53(45-65(55)81(76(60)62)77(71)74)79(49-23-9-3-10-24-49)51-37-41-69-63(43-51)57-27-13-15-33-67(57)83-69/h1-13,15-27,29,31-46,60H,14,28,30H2. The number of hydrogen-bond acceptors (Lipinski definition) is 4. The molecule has 1 aliphatic heterocycles. The van der Waals surface area contributed by atoms with Gasteiger partial charge in [0.1, 0.15) is 0 Å². The molecule has 6 heteroatoms. The van der Waals surface area contributed by atoms with Gasteiger partial charge in [-0.05, 0) is 144 Å². The van der Waals surface area contributed by atoms with Crippen molar-refractivity contribution in [2.24, 2.45) is 0 Å². The summed E-state index contributed by atoms with van der Waals surface area (Å²) in [5, 5.41) is 10.3. The molecule has 394 valence electrons. The Balaban J connectivity index is 0.912. The number of fused-ring (bicyclic) bond motifs is 18. The molecule has 19 rings (SSSR count). The van der Waals surface area contributed by atoms with E-state index in [1.165, 1.54) is 134 Å². The average molecular weight is 1110 g/mol. The second-order valence-electron chi connectivity index (χ2n) is 22.9. The highest BCUT2D eigenvalue weighted by molar-refractivity contribution is 7.25. The first kappa shape index (κ1) is 46.6. The summed E-state index contributed by atoms with van der Waals surface area (Å²) in [6.07, 6.45) is 12.7.